The predicted molar refractivity (Wildman–Crippen MR) is 82.7 cm³/mol. The number of primary amides is 1. The highest BCUT2D eigenvalue weighted by molar-refractivity contribution is 5.79. The second-order valence-corrected chi connectivity index (χ2v) is 5.80. The number of carbonyl (C=O) groups excluding carboxylic acids is 2. The molecule has 1 aliphatic rings. The van der Waals surface area contributed by atoms with Crippen molar-refractivity contribution in [1.29, 1.82) is 0 Å². The third-order valence-corrected chi connectivity index (χ3v) is 3.94. The summed E-state index contributed by atoms with van der Waals surface area (Å²) in [7, 11) is 0. The highest BCUT2D eigenvalue weighted by Crippen LogP contribution is 2.16. The van der Waals surface area contributed by atoms with Gasteiger partial charge < -0.3 is 15.6 Å². The maximum Gasteiger partial charge on any atom is 0.231 e. The fourth-order valence-corrected chi connectivity index (χ4v) is 2.90. The third-order valence-electron chi connectivity index (χ3n) is 3.94. The number of imidazole rings is 1. The van der Waals surface area contributed by atoms with Gasteiger partial charge in [-0.25, -0.2) is 4.98 Å². The molecule has 0 spiro atoms. The maximum absolute atomic E-state index is 12.3. The lowest BCUT2D eigenvalue weighted by Gasteiger charge is -2.30. The lowest BCUT2D eigenvalue weighted by Crippen LogP contribution is -2.45. The van der Waals surface area contributed by atoms with Crippen LogP contribution < -0.4 is 11.1 Å². The van der Waals surface area contributed by atoms with Crippen molar-refractivity contribution < 1.29 is 9.59 Å². The van der Waals surface area contributed by atoms with Crippen LogP contribution in [0.3, 0.4) is 0 Å². The molecule has 122 valence electrons. The molecular weight excluding hydrogens is 282 g/mol. The number of amides is 2. The van der Waals surface area contributed by atoms with Crippen molar-refractivity contribution >= 4 is 11.8 Å². The summed E-state index contributed by atoms with van der Waals surface area (Å²) in [5.41, 5.74) is 5.22. The first-order valence-corrected chi connectivity index (χ1v) is 7.88. The lowest BCUT2D eigenvalue weighted by atomic mass is 9.97. The van der Waals surface area contributed by atoms with Crippen LogP contribution in [0, 0.1) is 5.92 Å². The molecule has 1 fully saturated rings. The maximum atomic E-state index is 12.3. The van der Waals surface area contributed by atoms with Crippen LogP contribution in [0.4, 0.5) is 0 Å². The predicted octanol–water partition coefficient (Wildman–Crippen LogP) is 0.107. The first-order valence-electron chi connectivity index (χ1n) is 7.88. The molecule has 22 heavy (non-hydrogen) atoms. The van der Waals surface area contributed by atoms with Gasteiger partial charge in [0.2, 0.25) is 11.8 Å². The number of aryl methyl sites for hydroxylation is 1. The van der Waals surface area contributed by atoms with Crippen molar-refractivity contribution in [2.45, 2.75) is 39.3 Å². The Bertz CT molecular complexity index is 514. The largest absolute Gasteiger partial charge is 0.369 e. The van der Waals surface area contributed by atoms with Crippen LogP contribution in [0.1, 0.15) is 32.0 Å². The molecule has 1 unspecified atom stereocenters. The molecule has 0 radical (unpaired) electrons. The summed E-state index contributed by atoms with van der Waals surface area (Å²) in [6.45, 7) is 5.10. The van der Waals surface area contributed by atoms with Crippen LogP contribution in [0.2, 0.25) is 0 Å². The van der Waals surface area contributed by atoms with Crippen molar-refractivity contribution in [1.82, 2.24) is 19.8 Å². The molecule has 3 N–H and O–H groups in total. The summed E-state index contributed by atoms with van der Waals surface area (Å²) in [6, 6.07) is 0. The van der Waals surface area contributed by atoms with Gasteiger partial charge in [0.05, 0.1) is 19.0 Å². The highest BCUT2D eigenvalue weighted by Gasteiger charge is 2.26. The van der Waals surface area contributed by atoms with Crippen LogP contribution in [0.5, 0.6) is 0 Å². The fraction of sp³-hybridized carbons (Fsp3) is 0.667. The lowest BCUT2D eigenvalue weighted by molar-refractivity contribution is -0.128. The van der Waals surface area contributed by atoms with Crippen molar-refractivity contribution in [3.8, 4) is 0 Å². The van der Waals surface area contributed by atoms with Gasteiger partial charge >= 0.3 is 0 Å². The van der Waals surface area contributed by atoms with E-state index in [9.17, 15) is 9.59 Å². The Morgan fingerprint density at radius 3 is 3.05 bits per heavy atom. The van der Waals surface area contributed by atoms with Gasteiger partial charge in [0.1, 0.15) is 5.82 Å². The molecule has 1 saturated heterocycles. The van der Waals surface area contributed by atoms with Crippen molar-refractivity contribution in [3.05, 3.63) is 18.2 Å². The van der Waals surface area contributed by atoms with E-state index < -0.39 is 0 Å². The second-order valence-electron chi connectivity index (χ2n) is 5.80. The zero-order valence-electron chi connectivity index (χ0n) is 13.1. The summed E-state index contributed by atoms with van der Waals surface area (Å²) < 4.78 is 2.06. The SMILES string of the molecule is CCCn1ccnc1CNC(=O)C1CCCN(CC(N)=O)C1. The van der Waals surface area contributed by atoms with E-state index >= 15 is 0 Å². The highest BCUT2D eigenvalue weighted by atomic mass is 16.2. The van der Waals surface area contributed by atoms with Gasteiger partial charge in [-0.05, 0) is 25.8 Å². The third kappa shape index (κ3) is 4.56. The average molecular weight is 307 g/mol. The van der Waals surface area contributed by atoms with E-state index in [0.29, 0.717) is 13.1 Å². The van der Waals surface area contributed by atoms with Gasteiger partial charge in [-0.2, -0.15) is 0 Å². The van der Waals surface area contributed by atoms with Crippen LogP contribution in [0.15, 0.2) is 12.4 Å². The number of aromatic nitrogens is 2. The van der Waals surface area contributed by atoms with E-state index in [0.717, 1.165) is 38.2 Å². The standard InChI is InChI=1S/C15H25N5O2/c1-2-6-20-8-5-17-14(20)9-18-15(22)12-4-3-7-19(10-12)11-13(16)21/h5,8,12H,2-4,6-7,9-11H2,1H3,(H2,16,21)(H,18,22). The first-order chi connectivity index (χ1) is 10.6. The molecule has 0 bridgehead atoms. The topological polar surface area (TPSA) is 93.2 Å². The first kappa shape index (κ1) is 16.5. The number of nitrogens with two attached hydrogens (primary N) is 1. The van der Waals surface area contributed by atoms with E-state index in [-0.39, 0.29) is 24.3 Å². The smallest absolute Gasteiger partial charge is 0.231 e. The van der Waals surface area contributed by atoms with Crippen LogP contribution in [-0.4, -0.2) is 45.9 Å². The molecule has 1 atom stereocenters. The van der Waals surface area contributed by atoms with Gasteiger partial charge in [0.25, 0.3) is 0 Å². The summed E-state index contributed by atoms with van der Waals surface area (Å²) in [5.74, 6) is 0.477. The molecule has 1 aliphatic heterocycles. The molecule has 7 nitrogen and oxygen atoms in total. The molecule has 0 saturated carbocycles. The summed E-state index contributed by atoms with van der Waals surface area (Å²) >= 11 is 0. The van der Waals surface area contributed by atoms with Crippen molar-refractivity contribution in [2.75, 3.05) is 19.6 Å². The average Bonchev–Trinajstić information content (AvgIpc) is 2.92. The summed E-state index contributed by atoms with van der Waals surface area (Å²) in [6.07, 6.45) is 6.48. The minimum Gasteiger partial charge on any atom is -0.369 e. The fourth-order valence-electron chi connectivity index (χ4n) is 2.90. The Hall–Kier alpha value is -1.89. The summed E-state index contributed by atoms with van der Waals surface area (Å²) in [5, 5.41) is 2.96. The number of hydrogen-bond donors (Lipinski definition) is 2. The van der Waals surface area contributed by atoms with Gasteiger partial charge in [0, 0.05) is 25.5 Å². The number of piperidine rings is 1. The van der Waals surface area contributed by atoms with E-state index in [1.807, 2.05) is 11.1 Å². The van der Waals surface area contributed by atoms with E-state index in [2.05, 4.69) is 21.8 Å². The minimum absolute atomic E-state index is 0.0280. The van der Waals surface area contributed by atoms with E-state index in [1.165, 1.54) is 0 Å². The number of nitrogens with zero attached hydrogens (tertiary/aromatic N) is 3. The normalized spacial score (nSPS) is 19.0. The molecule has 7 heteroatoms. The Morgan fingerprint density at radius 1 is 1.50 bits per heavy atom. The van der Waals surface area contributed by atoms with Crippen molar-refractivity contribution in [2.24, 2.45) is 11.7 Å². The molecular formula is C15H25N5O2. The van der Waals surface area contributed by atoms with Crippen molar-refractivity contribution in [3.63, 3.8) is 0 Å². The second kappa shape index (κ2) is 7.93. The molecule has 2 amide bonds. The molecule has 2 rings (SSSR count). The molecule has 1 aromatic rings. The number of rotatable bonds is 7. The Labute approximate surface area is 130 Å². The van der Waals surface area contributed by atoms with Gasteiger partial charge in [-0.1, -0.05) is 6.92 Å². The number of nitrogens with one attached hydrogen (secondary N) is 1. The summed E-state index contributed by atoms with van der Waals surface area (Å²) in [4.78, 5) is 29.5. The molecule has 2 heterocycles. The molecule has 1 aromatic heterocycles. The van der Waals surface area contributed by atoms with Gasteiger partial charge in [-0.3, -0.25) is 14.5 Å². The molecule has 0 aromatic carbocycles. The van der Waals surface area contributed by atoms with E-state index in [4.69, 9.17) is 5.73 Å². The zero-order chi connectivity index (χ0) is 15.9. The van der Waals surface area contributed by atoms with E-state index in [1.54, 1.807) is 6.20 Å². The number of likely N-dealkylation sites (tertiary alicyclic amines) is 1. The number of carbonyl (C=O) groups is 2. The molecule has 0 aliphatic carbocycles. The quantitative estimate of drug-likeness (QED) is 0.747. The number of hydrogen-bond acceptors (Lipinski definition) is 4. The van der Waals surface area contributed by atoms with Crippen LogP contribution in [-0.2, 0) is 22.7 Å². The Balaban J connectivity index is 1.83. The van der Waals surface area contributed by atoms with Gasteiger partial charge in [0.15, 0.2) is 0 Å². The zero-order valence-corrected chi connectivity index (χ0v) is 13.1. The Kier molecular flexibility index (Phi) is 5.94. The monoisotopic (exact) mass is 307 g/mol. The van der Waals surface area contributed by atoms with Crippen LogP contribution in [0.25, 0.3) is 0 Å². The van der Waals surface area contributed by atoms with Gasteiger partial charge in [-0.15, -0.1) is 0 Å². The minimum atomic E-state index is -0.345. The van der Waals surface area contributed by atoms with Crippen LogP contribution >= 0.6 is 0 Å². The Morgan fingerprint density at radius 2 is 2.32 bits per heavy atom.